The van der Waals surface area contributed by atoms with Crippen LogP contribution in [0.5, 0.6) is 5.75 Å². The van der Waals surface area contributed by atoms with Crippen LogP contribution in [0.4, 0.5) is 0 Å². The summed E-state index contributed by atoms with van der Waals surface area (Å²) >= 11 is 0. The highest BCUT2D eigenvalue weighted by atomic mass is 16.5. The van der Waals surface area contributed by atoms with Crippen LogP contribution in [0, 0.1) is 6.92 Å². The first-order valence-electron chi connectivity index (χ1n) is 4.74. The highest BCUT2D eigenvalue weighted by Crippen LogP contribution is 2.29. The Morgan fingerprint density at radius 2 is 2.21 bits per heavy atom. The maximum Gasteiger partial charge on any atom is 0.248 e. The Morgan fingerprint density at radius 1 is 1.50 bits per heavy atom. The summed E-state index contributed by atoms with van der Waals surface area (Å²) < 4.78 is 5.64. The Hall–Kier alpha value is -1.51. The number of carbonyl (C=O) groups is 1. The lowest BCUT2D eigenvalue weighted by Gasteiger charge is -2.08. The van der Waals surface area contributed by atoms with Gasteiger partial charge in [0.25, 0.3) is 0 Å². The van der Waals surface area contributed by atoms with Gasteiger partial charge < -0.3 is 10.5 Å². The van der Waals surface area contributed by atoms with E-state index >= 15 is 0 Å². The molecule has 1 amide bonds. The highest BCUT2D eigenvalue weighted by Gasteiger charge is 2.24. The average molecular weight is 191 g/mol. The zero-order chi connectivity index (χ0) is 10.1. The molecule has 0 aliphatic heterocycles. The zero-order valence-corrected chi connectivity index (χ0v) is 8.12. The van der Waals surface area contributed by atoms with Gasteiger partial charge in [-0.15, -0.1) is 0 Å². The van der Waals surface area contributed by atoms with E-state index in [1.54, 1.807) is 12.1 Å². The maximum atomic E-state index is 10.9. The number of ether oxygens (including phenoxy) is 1. The molecule has 1 aliphatic rings. The van der Waals surface area contributed by atoms with Crippen molar-refractivity contribution in [1.29, 1.82) is 0 Å². The topological polar surface area (TPSA) is 52.3 Å². The summed E-state index contributed by atoms with van der Waals surface area (Å²) in [5.74, 6) is 0.462. The molecule has 1 aliphatic carbocycles. The number of amides is 1. The minimum absolute atomic E-state index is 0.383. The van der Waals surface area contributed by atoms with Gasteiger partial charge in [0.1, 0.15) is 5.75 Å². The molecule has 1 fully saturated rings. The first-order chi connectivity index (χ1) is 6.66. The number of hydrogen-bond acceptors (Lipinski definition) is 2. The standard InChI is InChI=1S/C11H13NO2/c1-7-6-8(11(12)13)2-5-10(7)14-9-3-4-9/h2,5-6,9H,3-4H2,1H3,(H2,12,13). The summed E-state index contributed by atoms with van der Waals surface area (Å²) in [6.45, 7) is 1.92. The molecule has 1 saturated carbocycles. The first-order valence-corrected chi connectivity index (χ1v) is 4.74. The number of hydrogen-bond donors (Lipinski definition) is 1. The molecule has 0 aromatic heterocycles. The molecule has 0 bridgehead atoms. The lowest BCUT2D eigenvalue weighted by molar-refractivity contribution is 0.1000. The lowest BCUT2D eigenvalue weighted by Crippen LogP contribution is -2.11. The Labute approximate surface area is 82.9 Å². The third-order valence-electron chi connectivity index (χ3n) is 2.28. The van der Waals surface area contributed by atoms with Crippen molar-refractivity contribution in [2.45, 2.75) is 25.9 Å². The molecular weight excluding hydrogens is 178 g/mol. The van der Waals surface area contributed by atoms with E-state index in [9.17, 15) is 4.79 Å². The van der Waals surface area contributed by atoms with Gasteiger partial charge in [0.15, 0.2) is 0 Å². The van der Waals surface area contributed by atoms with Gasteiger partial charge >= 0.3 is 0 Å². The SMILES string of the molecule is Cc1cc(C(N)=O)ccc1OC1CC1. The molecule has 2 N–H and O–H groups in total. The van der Waals surface area contributed by atoms with Crippen molar-refractivity contribution in [3.63, 3.8) is 0 Å². The normalized spacial score (nSPS) is 15.2. The summed E-state index contributed by atoms with van der Waals surface area (Å²) in [6.07, 6.45) is 2.65. The quantitative estimate of drug-likeness (QED) is 0.789. The molecule has 2 rings (SSSR count). The summed E-state index contributed by atoms with van der Waals surface area (Å²) in [4.78, 5) is 10.9. The van der Waals surface area contributed by atoms with Gasteiger partial charge in [-0.25, -0.2) is 0 Å². The fraction of sp³-hybridized carbons (Fsp3) is 0.364. The molecule has 1 aromatic rings. The van der Waals surface area contributed by atoms with Crippen LogP contribution < -0.4 is 10.5 Å². The van der Waals surface area contributed by atoms with Crippen LogP contribution in [0.3, 0.4) is 0 Å². The number of rotatable bonds is 3. The summed E-state index contributed by atoms with van der Waals surface area (Å²) in [5.41, 5.74) is 6.67. The first kappa shape index (κ1) is 9.06. The Bertz CT molecular complexity index is 370. The van der Waals surface area contributed by atoms with Gasteiger partial charge in [-0.1, -0.05) is 0 Å². The maximum absolute atomic E-state index is 10.9. The van der Waals surface area contributed by atoms with Crippen LogP contribution in [0.15, 0.2) is 18.2 Å². The molecule has 74 valence electrons. The van der Waals surface area contributed by atoms with E-state index in [0.29, 0.717) is 11.7 Å². The van der Waals surface area contributed by atoms with Crippen molar-refractivity contribution >= 4 is 5.91 Å². The van der Waals surface area contributed by atoms with Crippen LogP contribution in [0.1, 0.15) is 28.8 Å². The number of benzene rings is 1. The van der Waals surface area contributed by atoms with Crippen molar-refractivity contribution in [2.24, 2.45) is 5.73 Å². The monoisotopic (exact) mass is 191 g/mol. The van der Waals surface area contributed by atoms with Crippen LogP contribution in [-0.4, -0.2) is 12.0 Å². The van der Waals surface area contributed by atoms with Gasteiger partial charge in [0.2, 0.25) is 5.91 Å². The van der Waals surface area contributed by atoms with E-state index in [0.717, 1.165) is 24.2 Å². The molecule has 0 radical (unpaired) electrons. The lowest BCUT2D eigenvalue weighted by atomic mass is 10.1. The van der Waals surface area contributed by atoms with Crippen molar-refractivity contribution in [3.05, 3.63) is 29.3 Å². The molecule has 0 atom stereocenters. The molecule has 3 heteroatoms. The zero-order valence-electron chi connectivity index (χ0n) is 8.12. The number of carbonyl (C=O) groups excluding carboxylic acids is 1. The second-order valence-corrected chi connectivity index (χ2v) is 3.66. The smallest absolute Gasteiger partial charge is 0.248 e. The van der Waals surface area contributed by atoms with Crippen LogP contribution in [0.2, 0.25) is 0 Å². The predicted molar refractivity (Wildman–Crippen MR) is 53.3 cm³/mol. The highest BCUT2D eigenvalue weighted by molar-refractivity contribution is 5.93. The van der Waals surface area contributed by atoms with Crippen molar-refractivity contribution < 1.29 is 9.53 Å². The molecule has 0 heterocycles. The molecule has 0 spiro atoms. The molecular formula is C11H13NO2. The fourth-order valence-electron chi connectivity index (χ4n) is 1.30. The molecule has 14 heavy (non-hydrogen) atoms. The second kappa shape index (κ2) is 3.33. The second-order valence-electron chi connectivity index (χ2n) is 3.66. The summed E-state index contributed by atoms with van der Waals surface area (Å²) in [6, 6.07) is 5.28. The Kier molecular flexibility index (Phi) is 2.15. The molecule has 0 unspecified atom stereocenters. The number of primary amides is 1. The van der Waals surface area contributed by atoms with E-state index in [2.05, 4.69) is 0 Å². The van der Waals surface area contributed by atoms with Gasteiger partial charge in [-0.2, -0.15) is 0 Å². The third kappa shape index (κ3) is 1.87. The van der Waals surface area contributed by atoms with Gasteiger partial charge in [-0.3, -0.25) is 4.79 Å². The minimum Gasteiger partial charge on any atom is -0.490 e. The van der Waals surface area contributed by atoms with Crippen LogP contribution in [0.25, 0.3) is 0 Å². The van der Waals surface area contributed by atoms with Gasteiger partial charge in [0, 0.05) is 5.56 Å². The van der Waals surface area contributed by atoms with Crippen molar-refractivity contribution in [3.8, 4) is 5.75 Å². The van der Waals surface area contributed by atoms with E-state index in [-0.39, 0.29) is 0 Å². The van der Waals surface area contributed by atoms with Crippen LogP contribution in [-0.2, 0) is 0 Å². The van der Waals surface area contributed by atoms with Gasteiger partial charge in [0.05, 0.1) is 6.10 Å². The van der Waals surface area contributed by atoms with Crippen molar-refractivity contribution in [1.82, 2.24) is 0 Å². The Balaban J connectivity index is 2.21. The number of aryl methyl sites for hydroxylation is 1. The fourth-order valence-corrected chi connectivity index (χ4v) is 1.30. The molecule has 3 nitrogen and oxygen atoms in total. The van der Waals surface area contributed by atoms with E-state index in [4.69, 9.17) is 10.5 Å². The predicted octanol–water partition coefficient (Wildman–Crippen LogP) is 1.64. The Morgan fingerprint density at radius 3 is 2.71 bits per heavy atom. The van der Waals surface area contributed by atoms with Crippen molar-refractivity contribution in [2.75, 3.05) is 0 Å². The largest absolute Gasteiger partial charge is 0.490 e. The van der Waals surface area contributed by atoms with Gasteiger partial charge in [-0.05, 0) is 43.5 Å². The summed E-state index contributed by atoms with van der Waals surface area (Å²) in [5, 5.41) is 0. The average Bonchev–Trinajstić information content (AvgIpc) is 2.92. The van der Waals surface area contributed by atoms with Crippen LogP contribution >= 0.6 is 0 Å². The minimum atomic E-state index is -0.397. The third-order valence-corrected chi connectivity index (χ3v) is 2.28. The summed E-state index contributed by atoms with van der Waals surface area (Å²) in [7, 11) is 0. The van der Waals surface area contributed by atoms with E-state index < -0.39 is 5.91 Å². The molecule has 0 saturated heterocycles. The number of nitrogens with two attached hydrogens (primary N) is 1. The molecule has 1 aromatic carbocycles. The van der Waals surface area contributed by atoms with E-state index in [1.165, 1.54) is 0 Å². The van der Waals surface area contributed by atoms with E-state index in [1.807, 2.05) is 13.0 Å².